The van der Waals surface area contributed by atoms with Gasteiger partial charge in [-0.25, -0.2) is 14.8 Å². The van der Waals surface area contributed by atoms with Crippen molar-refractivity contribution < 1.29 is 38.1 Å². The second kappa shape index (κ2) is 15.6. The number of halogens is 2. The largest absolute Gasteiger partial charge is 0.397 e. The molecule has 0 radical (unpaired) electrons. The summed E-state index contributed by atoms with van der Waals surface area (Å²) in [6.45, 7) is -0.259. The van der Waals surface area contributed by atoms with Gasteiger partial charge in [-0.2, -0.15) is 13.8 Å². The van der Waals surface area contributed by atoms with E-state index in [0.29, 0.717) is 28.3 Å². The van der Waals surface area contributed by atoms with Crippen molar-refractivity contribution in [2.45, 2.75) is 50.3 Å². The monoisotopic (exact) mass is 693 g/mol. The number of hydrogen-bond donors (Lipinski definition) is 7. The fourth-order valence-corrected chi connectivity index (χ4v) is 4.80. The van der Waals surface area contributed by atoms with Gasteiger partial charge in [0, 0.05) is 32.1 Å². The molecule has 0 aliphatic carbocycles. The lowest BCUT2D eigenvalue weighted by atomic mass is 10.1. The zero-order valence-corrected chi connectivity index (χ0v) is 26.3. The molecule has 3 atom stereocenters. The molecule has 2 aromatic carbocycles. The molecule has 1 saturated heterocycles. The van der Waals surface area contributed by atoms with Crippen LogP contribution in [-0.4, -0.2) is 72.2 Å². The first kappa shape index (κ1) is 35.5. The van der Waals surface area contributed by atoms with E-state index in [0.717, 1.165) is 23.4 Å². The molecule has 3 heterocycles. The summed E-state index contributed by atoms with van der Waals surface area (Å²) in [5.74, 6) is -5.13. The maximum Gasteiger partial charge on any atom is 0.351 e. The fraction of sp³-hybridized carbons (Fsp3) is 0.281. The second-order valence-corrected chi connectivity index (χ2v) is 11.2. The SMILES string of the molecule is Nc1ccccc1NC(=O)c1cnc(NCc2ccc(CNC(=O)CCC(=O)Nc3ccn(C4OC(CO)C(O)C4(F)F)c(=O)n3)cc2)cn1. The highest BCUT2D eigenvalue weighted by Gasteiger charge is 2.59. The molecule has 5 rings (SSSR count). The molecule has 3 unspecified atom stereocenters. The van der Waals surface area contributed by atoms with Crippen molar-refractivity contribution >= 4 is 40.7 Å². The van der Waals surface area contributed by atoms with Gasteiger partial charge < -0.3 is 42.0 Å². The van der Waals surface area contributed by atoms with E-state index in [4.69, 9.17) is 15.6 Å². The van der Waals surface area contributed by atoms with Gasteiger partial charge in [-0.15, -0.1) is 0 Å². The fourth-order valence-electron chi connectivity index (χ4n) is 4.80. The minimum atomic E-state index is -3.87. The highest BCUT2D eigenvalue weighted by Crippen LogP contribution is 2.42. The van der Waals surface area contributed by atoms with Crippen LogP contribution >= 0.6 is 0 Å². The number of nitrogens with one attached hydrogen (secondary N) is 4. The predicted molar refractivity (Wildman–Crippen MR) is 175 cm³/mol. The van der Waals surface area contributed by atoms with Crippen molar-refractivity contribution in [3.8, 4) is 0 Å². The van der Waals surface area contributed by atoms with Crippen LogP contribution in [0.5, 0.6) is 0 Å². The molecule has 8 N–H and O–H groups in total. The van der Waals surface area contributed by atoms with Crippen molar-refractivity contribution in [2.75, 3.05) is 28.3 Å². The zero-order valence-electron chi connectivity index (χ0n) is 26.3. The molecule has 1 aliphatic rings. The predicted octanol–water partition coefficient (Wildman–Crippen LogP) is 1.40. The molecule has 2 aromatic heterocycles. The molecular weight excluding hydrogens is 660 g/mol. The van der Waals surface area contributed by atoms with Crippen LogP contribution in [0.4, 0.5) is 31.8 Å². The Morgan fingerprint density at radius 2 is 1.62 bits per heavy atom. The Hall–Kier alpha value is -5.85. The lowest BCUT2D eigenvalue weighted by molar-refractivity contribution is -0.141. The van der Waals surface area contributed by atoms with Gasteiger partial charge in [0.25, 0.3) is 5.91 Å². The Bertz CT molecular complexity index is 1890. The molecule has 0 spiro atoms. The normalized spacial score (nSPS) is 17.9. The number of nitrogen functional groups attached to an aromatic ring is 1. The first-order chi connectivity index (χ1) is 23.9. The Kier molecular flexibility index (Phi) is 11.0. The summed E-state index contributed by atoms with van der Waals surface area (Å²) < 4.78 is 34.1. The summed E-state index contributed by atoms with van der Waals surface area (Å²) in [4.78, 5) is 61.3. The first-order valence-electron chi connectivity index (χ1n) is 15.2. The van der Waals surface area contributed by atoms with Crippen LogP contribution in [0.15, 0.2) is 78.0 Å². The van der Waals surface area contributed by atoms with Crippen molar-refractivity contribution in [2.24, 2.45) is 0 Å². The van der Waals surface area contributed by atoms with E-state index >= 15 is 0 Å². The molecule has 50 heavy (non-hydrogen) atoms. The Morgan fingerprint density at radius 3 is 2.26 bits per heavy atom. The van der Waals surface area contributed by atoms with Gasteiger partial charge in [0.05, 0.1) is 30.4 Å². The molecule has 18 heteroatoms. The number of alkyl halides is 2. The zero-order chi connectivity index (χ0) is 35.8. The average Bonchev–Trinajstić information content (AvgIpc) is 3.34. The Labute approximate surface area is 282 Å². The van der Waals surface area contributed by atoms with Gasteiger partial charge in [0.1, 0.15) is 23.4 Å². The maximum atomic E-state index is 14.4. The van der Waals surface area contributed by atoms with Crippen LogP contribution in [0.2, 0.25) is 0 Å². The van der Waals surface area contributed by atoms with E-state index in [-0.39, 0.29) is 30.9 Å². The number of para-hydroxylation sites is 2. The smallest absolute Gasteiger partial charge is 0.351 e. The topological polar surface area (TPSA) is 236 Å². The molecule has 262 valence electrons. The number of benzene rings is 2. The van der Waals surface area contributed by atoms with Crippen LogP contribution in [0, 0.1) is 0 Å². The average molecular weight is 694 g/mol. The number of carbonyl (C=O) groups excluding carboxylic acids is 3. The molecule has 16 nitrogen and oxygen atoms in total. The highest BCUT2D eigenvalue weighted by molar-refractivity contribution is 6.04. The second-order valence-electron chi connectivity index (χ2n) is 11.2. The van der Waals surface area contributed by atoms with Gasteiger partial charge in [0.2, 0.25) is 18.0 Å². The van der Waals surface area contributed by atoms with Crippen LogP contribution in [0.3, 0.4) is 0 Å². The number of nitrogens with two attached hydrogens (primary N) is 1. The maximum absolute atomic E-state index is 14.4. The third-order valence-electron chi connectivity index (χ3n) is 7.57. The van der Waals surface area contributed by atoms with Crippen LogP contribution in [-0.2, 0) is 27.4 Å². The van der Waals surface area contributed by atoms with Crippen molar-refractivity contribution in [1.29, 1.82) is 0 Å². The third kappa shape index (κ3) is 8.59. The number of amides is 3. The standard InChI is InChI=1S/C32H33F2N9O7/c33-32(34)28(47)23(17-44)50-30(32)43-12-11-24(42-31(43)49)41-27(46)10-9-26(45)39-14-19-7-5-18(6-8-19)13-37-25-16-36-22(15-38-25)29(48)40-21-4-2-1-3-20(21)35/h1-8,11-12,15-16,23,28,30,44,47H,9-10,13-14,17,35H2,(H,37,38)(H,39,45)(H,40,48)(H,41,42,46,49). The number of anilines is 4. The molecular formula is C32H33F2N9O7. The number of aromatic nitrogens is 4. The molecule has 1 aliphatic heterocycles. The lowest BCUT2D eigenvalue weighted by Gasteiger charge is -2.21. The van der Waals surface area contributed by atoms with Gasteiger partial charge in [-0.1, -0.05) is 36.4 Å². The van der Waals surface area contributed by atoms with Gasteiger partial charge in [-0.3, -0.25) is 19.0 Å². The number of nitrogens with zero attached hydrogens (tertiary/aromatic N) is 4. The summed E-state index contributed by atoms with van der Waals surface area (Å²) in [7, 11) is 0. The van der Waals surface area contributed by atoms with E-state index in [9.17, 15) is 33.1 Å². The summed E-state index contributed by atoms with van der Waals surface area (Å²) in [6.07, 6.45) is -2.82. The Morgan fingerprint density at radius 1 is 0.920 bits per heavy atom. The number of rotatable bonds is 13. The van der Waals surface area contributed by atoms with Crippen molar-refractivity contribution in [3.05, 3.63) is 100 Å². The summed E-state index contributed by atoms with van der Waals surface area (Å²) in [6, 6.07) is 15.3. The minimum absolute atomic E-state index is 0.123. The summed E-state index contributed by atoms with van der Waals surface area (Å²) in [5, 5.41) is 29.6. The molecule has 0 bridgehead atoms. The Balaban J connectivity index is 1.02. The summed E-state index contributed by atoms with van der Waals surface area (Å²) >= 11 is 0. The lowest BCUT2D eigenvalue weighted by Crippen LogP contribution is -2.41. The molecule has 1 fully saturated rings. The van der Waals surface area contributed by atoms with E-state index in [1.165, 1.54) is 12.4 Å². The van der Waals surface area contributed by atoms with Crippen LogP contribution < -0.4 is 32.7 Å². The summed E-state index contributed by atoms with van der Waals surface area (Å²) in [5.41, 5.74) is 7.42. The van der Waals surface area contributed by atoms with Gasteiger partial charge in [0.15, 0.2) is 6.10 Å². The number of ether oxygens (including phenoxy) is 1. The number of hydrogen-bond acceptors (Lipinski definition) is 12. The third-order valence-corrected chi connectivity index (χ3v) is 7.57. The van der Waals surface area contributed by atoms with Gasteiger partial charge in [-0.05, 0) is 29.3 Å². The van der Waals surface area contributed by atoms with Gasteiger partial charge >= 0.3 is 11.6 Å². The molecule has 0 saturated carbocycles. The highest BCUT2D eigenvalue weighted by atomic mass is 19.3. The minimum Gasteiger partial charge on any atom is -0.397 e. The number of aliphatic hydroxyl groups excluding tert-OH is 2. The van der Waals surface area contributed by atoms with E-state index in [2.05, 4.69) is 36.2 Å². The first-order valence-corrected chi connectivity index (χ1v) is 15.2. The number of carbonyl (C=O) groups is 3. The van der Waals surface area contributed by atoms with Crippen LogP contribution in [0.25, 0.3) is 0 Å². The van der Waals surface area contributed by atoms with E-state index in [1.54, 1.807) is 24.3 Å². The molecule has 4 aromatic rings. The van der Waals surface area contributed by atoms with E-state index < -0.39 is 54.4 Å². The molecule has 3 amide bonds. The number of aliphatic hydroxyl groups is 2. The quantitative estimate of drug-likeness (QED) is 0.0985. The van der Waals surface area contributed by atoms with Crippen LogP contribution in [0.1, 0.15) is 40.7 Å². The van der Waals surface area contributed by atoms with Crippen molar-refractivity contribution in [1.82, 2.24) is 24.8 Å². The van der Waals surface area contributed by atoms with Crippen molar-refractivity contribution in [3.63, 3.8) is 0 Å². The van der Waals surface area contributed by atoms with E-state index in [1.807, 2.05) is 24.3 Å².